The molecule has 1 amide bonds. The lowest BCUT2D eigenvalue weighted by Gasteiger charge is -2.33. The summed E-state index contributed by atoms with van der Waals surface area (Å²) in [7, 11) is -2.78. The van der Waals surface area contributed by atoms with E-state index in [1.807, 2.05) is 0 Å². The standard InChI is InChI=1S/C21H28F3N3O5S/c1-32-20(29)17-5-2-3-6-18(17)33(30,31)27-11-7-16(8-12-27)19(28)26-10-4-9-25(13-14-26)15-21(22,23)24/h2-3,5-6,16H,4,7-15H2,1H3. The van der Waals surface area contributed by atoms with E-state index in [2.05, 4.69) is 4.74 Å². The Balaban J connectivity index is 1.61. The van der Waals surface area contributed by atoms with Gasteiger partial charge in [-0.2, -0.15) is 17.5 Å². The Labute approximate surface area is 191 Å². The van der Waals surface area contributed by atoms with Crippen molar-refractivity contribution in [1.82, 2.24) is 14.1 Å². The molecule has 0 unspecified atom stereocenters. The fourth-order valence-corrected chi connectivity index (χ4v) is 5.96. The van der Waals surface area contributed by atoms with Gasteiger partial charge in [0, 0.05) is 45.2 Å². The maximum atomic E-state index is 13.1. The molecule has 2 aliphatic rings. The third kappa shape index (κ3) is 6.24. The molecule has 3 rings (SSSR count). The van der Waals surface area contributed by atoms with Gasteiger partial charge in [0.15, 0.2) is 0 Å². The summed E-state index contributed by atoms with van der Waals surface area (Å²) < 4.78 is 70.2. The summed E-state index contributed by atoms with van der Waals surface area (Å²) in [5, 5.41) is 0. The first-order valence-electron chi connectivity index (χ1n) is 10.8. The number of piperidine rings is 1. The van der Waals surface area contributed by atoms with Crippen LogP contribution in [0.2, 0.25) is 0 Å². The molecule has 2 fully saturated rings. The lowest BCUT2D eigenvalue weighted by molar-refractivity contribution is -0.145. The highest BCUT2D eigenvalue weighted by atomic mass is 32.2. The number of alkyl halides is 3. The summed E-state index contributed by atoms with van der Waals surface area (Å²) in [5.41, 5.74) is -0.0498. The quantitative estimate of drug-likeness (QED) is 0.586. The Morgan fingerprint density at radius 1 is 1.03 bits per heavy atom. The molecule has 1 aromatic carbocycles. The summed E-state index contributed by atoms with van der Waals surface area (Å²) in [5.74, 6) is -1.28. The molecule has 0 radical (unpaired) electrons. The molecule has 2 heterocycles. The minimum Gasteiger partial charge on any atom is -0.465 e. The summed E-state index contributed by atoms with van der Waals surface area (Å²) in [6.07, 6.45) is -3.20. The van der Waals surface area contributed by atoms with Crippen LogP contribution in [-0.2, 0) is 19.6 Å². The Morgan fingerprint density at radius 3 is 2.33 bits per heavy atom. The summed E-state index contributed by atoms with van der Waals surface area (Å²) in [6.45, 7) is 0.281. The van der Waals surface area contributed by atoms with Crippen LogP contribution in [0, 0.1) is 5.92 Å². The number of nitrogens with zero attached hydrogens (tertiary/aromatic N) is 3. The smallest absolute Gasteiger partial charge is 0.401 e. The van der Waals surface area contributed by atoms with Gasteiger partial charge >= 0.3 is 12.1 Å². The molecule has 2 aliphatic heterocycles. The molecule has 184 valence electrons. The third-order valence-corrected chi connectivity index (χ3v) is 7.97. The summed E-state index contributed by atoms with van der Waals surface area (Å²) in [4.78, 5) is 27.7. The first-order valence-corrected chi connectivity index (χ1v) is 12.2. The van der Waals surface area contributed by atoms with E-state index in [1.54, 1.807) is 11.0 Å². The van der Waals surface area contributed by atoms with Gasteiger partial charge in [-0.3, -0.25) is 9.69 Å². The number of amides is 1. The molecule has 0 saturated carbocycles. The van der Waals surface area contributed by atoms with E-state index in [1.165, 1.54) is 34.5 Å². The van der Waals surface area contributed by atoms with E-state index in [-0.39, 0.29) is 55.0 Å². The number of carbonyl (C=O) groups excluding carboxylic acids is 2. The fraction of sp³-hybridized carbons (Fsp3) is 0.619. The van der Waals surface area contributed by atoms with Crippen molar-refractivity contribution in [2.45, 2.75) is 30.3 Å². The highest BCUT2D eigenvalue weighted by molar-refractivity contribution is 7.89. The zero-order valence-corrected chi connectivity index (χ0v) is 19.2. The minimum absolute atomic E-state index is 0.0498. The molecule has 33 heavy (non-hydrogen) atoms. The molecule has 2 saturated heterocycles. The number of benzene rings is 1. The first-order chi connectivity index (χ1) is 15.5. The second kappa shape index (κ2) is 10.4. The SMILES string of the molecule is COC(=O)c1ccccc1S(=O)(=O)N1CCC(C(=O)N2CCCN(CC(F)(F)F)CC2)CC1. The van der Waals surface area contributed by atoms with E-state index >= 15 is 0 Å². The number of ether oxygens (including phenoxy) is 1. The van der Waals surface area contributed by atoms with E-state index in [0.717, 1.165) is 0 Å². The third-order valence-electron chi connectivity index (χ3n) is 6.02. The number of carbonyl (C=O) groups is 2. The van der Waals surface area contributed by atoms with Gasteiger partial charge in [-0.25, -0.2) is 13.2 Å². The van der Waals surface area contributed by atoms with Crippen molar-refractivity contribution < 1.29 is 35.9 Å². The highest BCUT2D eigenvalue weighted by Crippen LogP contribution is 2.27. The van der Waals surface area contributed by atoms with Crippen LogP contribution in [0.15, 0.2) is 29.2 Å². The van der Waals surface area contributed by atoms with Gasteiger partial charge in [-0.1, -0.05) is 12.1 Å². The molecule has 12 heteroatoms. The molecular weight excluding hydrogens is 463 g/mol. The van der Waals surface area contributed by atoms with Crippen molar-refractivity contribution in [3.63, 3.8) is 0 Å². The molecule has 0 bridgehead atoms. The average molecular weight is 492 g/mol. The number of hydrogen-bond donors (Lipinski definition) is 0. The van der Waals surface area contributed by atoms with Gasteiger partial charge in [0.2, 0.25) is 15.9 Å². The molecule has 1 aromatic rings. The van der Waals surface area contributed by atoms with Crippen LogP contribution in [0.3, 0.4) is 0 Å². The van der Waals surface area contributed by atoms with E-state index in [9.17, 15) is 31.2 Å². The number of esters is 1. The lowest BCUT2D eigenvalue weighted by Crippen LogP contribution is -2.45. The molecule has 0 aliphatic carbocycles. The van der Waals surface area contributed by atoms with Crippen molar-refractivity contribution in [2.75, 3.05) is 52.9 Å². The normalized spacial score (nSPS) is 19.8. The van der Waals surface area contributed by atoms with Gasteiger partial charge in [-0.05, 0) is 31.4 Å². The average Bonchev–Trinajstić information content (AvgIpc) is 3.02. The predicted octanol–water partition coefficient (Wildman–Crippen LogP) is 1.97. The van der Waals surface area contributed by atoms with Gasteiger partial charge in [0.1, 0.15) is 0 Å². The van der Waals surface area contributed by atoms with Crippen molar-refractivity contribution in [3.05, 3.63) is 29.8 Å². The zero-order chi connectivity index (χ0) is 24.2. The number of halogens is 3. The van der Waals surface area contributed by atoms with Crippen LogP contribution in [0.25, 0.3) is 0 Å². The molecule has 8 nitrogen and oxygen atoms in total. The van der Waals surface area contributed by atoms with Crippen LogP contribution in [0.1, 0.15) is 29.6 Å². The predicted molar refractivity (Wildman–Crippen MR) is 113 cm³/mol. The highest BCUT2D eigenvalue weighted by Gasteiger charge is 2.37. The first kappa shape index (κ1) is 25.4. The number of methoxy groups -OCH3 is 1. The largest absolute Gasteiger partial charge is 0.465 e. The van der Waals surface area contributed by atoms with E-state index < -0.39 is 28.7 Å². The second-order valence-corrected chi connectivity index (χ2v) is 10.1. The Kier molecular flexibility index (Phi) is 8.01. The van der Waals surface area contributed by atoms with Gasteiger partial charge in [0.25, 0.3) is 0 Å². The van der Waals surface area contributed by atoms with Crippen LogP contribution in [0.4, 0.5) is 13.2 Å². The maximum absolute atomic E-state index is 13.1. The monoisotopic (exact) mass is 491 g/mol. The molecule has 0 N–H and O–H groups in total. The van der Waals surface area contributed by atoms with Crippen LogP contribution < -0.4 is 0 Å². The van der Waals surface area contributed by atoms with Gasteiger partial charge in [-0.15, -0.1) is 0 Å². The maximum Gasteiger partial charge on any atom is 0.401 e. The number of rotatable bonds is 5. The number of hydrogen-bond acceptors (Lipinski definition) is 6. The van der Waals surface area contributed by atoms with Crippen LogP contribution in [-0.4, -0.2) is 93.5 Å². The van der Waals surface area contributed by atoms with Crippen molar-refractivity contribution >= 4 is 21.9 Å². The van der Waals surface area contributed by atoms with Crippen LogP contribution >= 0.6 is 0 Å². The van der Waals surface area contributed by atoms with Crippen LogP contribution in [0.5, 0.6) is 0 Å². The summed E-state index contributed by atoms with van der Waals surface area (Å²) in [6, 6.07) is 5.81. The Hall–Kier alpha value is -2.18. The Morgan fingerprint density at radius 2 is 1.70 bits per heavy atom. The molecule has 0 atom stereocenters. The molecule has 0 spiro atoms. The fourth-order valence-electron chi connectivity index (χ4n) is 4.31. The van der Waals surface area contributed by atoms with Crippen molar-refractivity contribution in [1.29, 1.82) is 0 Å². The number of sulfonamides is 1. The van der Waals surface area contributed by atoms with E-state index in [0.29, 0.717) is 25.8 Å². The Bertz CT molecular complexity index is 962. The second-order valence-electron chi connectivity index (χ2n) is 8.24. The molecular formula is C21H28F3N3O5S. The summed E-state index contributed by atoms with van der Waals surface area (Å²) >= 11 is 0. The topological polar surface area (TPSA) is 87.2 Å². The molecule has 0 aromatic heterocycles. The van der Waals surface area contributed by atoms with Crippen molar-refractivity contribution in [3.8, 4) is 0 Å². The minimum atomic E-state index is -4.27. The lowest BCUT2D eigenvalue weighted by atomic mass is 9.96. The van der Waals surface area contributed by atoms with E-state index in [4.69, 9.17) is 0 Å². The van der Waals surface area contributed by atoms with Gasteiger partial charge < -0.3 is 9.64 Å². The van der Waals surface area contributed by atoms with Crippen molar-refractivity contribution in [2.24, 2.45) is 5.92 Å². The zero-order valence-electron chi connectivity index (χ0n) is 18.4. The van der Waals surface area contributed by atoms with Gasteiger partial charge in [0.05, 0.1) is 24.1 Å².